The van der Waals surface area contributed by atoms with E-state index in [1.165, 1.54) is 31.4 Å². The van der Waals surface area contributed by atoms with Gasteiger partial charge in [0.05, 0.1) is 0 Å². The van der Waals surface area contributed by atoms with Crippen molar-refractivity contribution in [2.45, 2.75) is 25.3 Å². The average Bonchev–Trinajstić information content (AvgIpc) is 2.33. The monoisotopic (exact) mass is 179 g/mol. The van der Waals surface area contributed by atoms with Gasteiger partial charge in [-0.3, -0.25) is 0 Å². The lowest BCUT2D eigenvalue weighted by Crippen LogP contribution is -2.59. The first-order valence-corrected chi connectivity index (χ1v) is 5.61. The van der Waals surface area contributed by atoms with Crippen molar-refractivity contribution in [3.63, 3.8) is 0 Å². The molecule has 3 rings (SSSR count). The van der Waals surface area contributed by atoms with E-state index in [0.29, 0.717) is 11.5 Å². The van der Waals surface area contributed by atoms with Crippen LogP contribution in [0.2, 0.25) is 0 Å². The molecule has 2 heterocycles. The summed E-state index contributed by atoms with van der Waals surface area (Å²) in [6.07, 6.45) is 4.34. The van der Waals surface area contributed by atoms with Crippen molar-refractivity contribution in [1.29, 1.82) is 0 Å². The van der Waals surface area contributed by atoms with Crippen LogP contribution < -0.4 is 5.32 Å². The highest BCUT2D eigenvalue weighted by molar-refractivity contribution is 7.07. The van der Waals surface area contributed by atoms with Crippen molar-refractivity contribution in [2.75, 3.05) is 6.54 Å². The quantitative estimate of drug-likeness (QED) is 0.698. The molecule has 0 amide bonds. The summed E-state index contributed by atoms with van der Waals surface area (Å²) in [4.78, 5) is 0. The molecule has 1 spiro atoms. The van der Waals surface area contributed by atoms with Gasteiger partial charge in [0.1, 0.15) is 0 Å². The van der Waals surface area contributed by atoms with Crippen molar-refractivity contribution in [3.8, 4) is 0 Å². The maximum absolute atomic E-state index is 3.55. The van der Waals surface area contributed by atoms with Crippen LogP contribution in [0.15, 0.2) is 16.8 Å². The summed E-state index contributed by atoms with van der Waals surface area (Å²) >= 11 is 1.81. The molecule has 1 aliphatic heterocycles. The number of hydrogen-bond donors (Lipinski definition) is 1. The second-order valence-electron chi connectivity index (χ2n) is 4.09. The molecule has 1 saturated heterocycles. The third-order valence-corrected chi connectivity index (χ3v) is 4.20. The third-order valence-electron chi connectivity index (χ3n) is 3.50. The first kappa shape index (κ1) is 7.10. The second-order valence-corrected chi connectivity index (χ2v) is 4.87. The van der Waals surface area contributed by atoms with E-state index < -0.39 is 0 Å². The van der Waals surface area contributed by atoms with E-state index in [4.69, 9.17) is 0 Å². The molecule has 64 valence electrons. The van der Waals surface area contributed by atoms with Crippen molar-refractivity contribution in [1.82, 2.24) is 5.32 Å². The second kappa shape index (κ2) is 2.33. The van der Waals surface area contributed by atoms with Crippen LogP contribution in [-0.2, 0) is 0 Å². The van der Waals surface area contributed by atoms with E-state index in [1.54, 1.807) is 0 Å². The van der Waals surface area contributed by atoms with Crippen molar-refractivity contribution in [3.05, 3.63) is 22.4 Å². The summed E-state index contributed by atoms with van der Waals surface area (Å²) in [6.45, 7) is 1.26. The Morgan fingerprint density at radius 3 is 2.83 bits per heavy atom. The van der Waals surface area contributed by atoms with E-state index in [-0.39, 0.29) is 0 Å². The Kier molecular flexibility index (Phi) is 1.38. The van der Waals surface area contributed by atoms with Crippen molar-refractivity contribution in [2.24, 2.45) is 5.41 Å². The molecule has 1 aromatic rings. The molecule has 1 N–H and O–H groups in total. The van der Waals surface area contributed by atoms with E-state index in [9.17, 15) is 0 Å². The lowest BCUT2D eigenvalue weighted by Gasteiger charge is -2.56. The van der Waals surface area contributed by atoms with Gasteiger partial charge in [0.15, 0.2) is 0 Å². The number of rotatable bonds is 1. The lowest BCUT2D eigenvalue weighted by molar-refractivity contribution is -0.00543. The molecule has 1 atom stereocenters. The zero-order valence-corrected chi connectivity index (χ0v) is 7.86. The molecule has 2 fully saturated rings. The first-order chi connectivity index (χ1) is 5.91. The third kappa shape index (κ3) is 0.771. The Hall–Kier alpha value is -0.340. The molecule has 0 bridgehead atoms. The van der Waals surface area contributed by atoms with E-state index in [1.807, 2.05) is 11.3 Å². The maximum Gasteiger partial charge on any atom is 0.0397 e. The molecule has 1 aliphatic carbocycles. The number of thiophene rings is 1. The minimum atomic E-state index is 0.682. The fourth-order valence-electron chi connectivity index (χ4n) is 2.50. The van der Waals surface area contributed by atoms with Gasteiger partial charge in [0.2, 0.25) is 0 Å². The fourth-order valence-corrected chi connectivity index (χ4v) is 3.19. The fraction of sp³-hybridized carbons (Fsp3) is 0.600. The highest BCUT2D eigenvalue weighted by Gasteiger charge is 2.51. The zero-order valence-electron chi connectivity index (χ0n) is 7.05. The minimum absolute atomic E-state index is 0.682. The van der Waals surface area contributed by atoms with Crippen LogP contribution in [0.3, 0.4) is 0 Å². The van der Waals surface area contributed by atoms with Gasteiger partial charge in [-0.15, -0.1) is 0 Å². The van der Waals surface area contributed by atoms with Gasteiger partial charge in [-0.05, 0) is 35.2 Å². The Labute approximate surface area is 76.8 Å². The van der Waals surface area contributed by atoms with Gasteiger partial charge in [0.25, 0.3) is 0 Å². The summed E-state index contributed by atoms with van der Waals surface area (Å²) in [7, 11) is 0. The zero-order chi connectivity index (χ0) is 8.02. The van der Waals surface area contributed by atoms with Gasteiger partial charge in [-0.1, -0.05) is 6.42 Å². The topological polar surface area (TPSA) is 12.0 Å². The highest BCUT2D eigenvalue weighted by atomic mass is 32.1. The Bertz CT molecular complexity index is 269. The van der Waals surface area contributed by atoms with Gasteiger partial charge in [-0.25, -0.2) is 0 Å². The largest absolute Gasteiger partial charge is 0.309 e. The molecule has 0 radical (unpaired) electrons. The molecule has 1 unspecified atom stereocenters. The van der Waals surface area contributed by atoms with Crippen LogP contribution in [0, 0.1) is 5.41 Å². The van der Waals surface area contributed by atoms with E-state index >= 15 is 0 Å². The van der Waals surface area contributed by atoms with Crippen LogP contribution in [0.25, 0.3) is 0 Å². The summed E-state index contributed by atoms with van der Waals surface area (Å²) in [5.41, 5.74) is 2.20. The number of nitrogens with one attached hydrogen (secondary N) is 1. The molecule has 2 aliphatic rings. The Morgan fingerprint density at radius 1 is 1.50 bits per heavy atom. The SMILES string of the molecule is c1cc(C2NCC23CCC3)cs1. The van der Waals surface area contributed by atoms with Gasteiger partial charge < -0.3 is 5.32 Å². The van der Waals surface area contributed by atoms with E-state index in [2.05, 4.69) is 22.1 Å². The predicted molar refractivity (Wildman–Crippen MR) is 51.3 cm³/mol. The minimum Gasteiger partial charge on any atom is -0.309 e. The Balaban J connectivity index is 1.86. The van der Waals surface area contributed by atoms with Crippen LogP contribution in [0.1, 0.15) is 30.9 Å². The van der Waals surface area contributed by atoms with Crippen LogP contribution in [0.5, 0.6) is 0 Å². The smallest absolute Gasteiger partial charge is 0.0397 e. The van der Waals surface area contributed by atoms with Crippen molar-refractivity contribution >= 4 is 11.3 Å². The molecule has 0 aromatic carbocycles. The summed E-state index contributed by atoms with van der Waals surface area (Å²) < 4.78 is 0. The first-order valence-electron chi connectivity index (χ1n) is 4.66. The molecular formula is C10H13NS. The molecule has 2 heteroatoms. The standard InChI is InChI=1S/C10H13NS/c1-3-10(4-1)7-11-9(10)8-2-5-12-6-8/h2,5-6,9,11H,1,3-4,7H2. The highest BCUT2D eigenvalue weighted by Crippen LogP contribution is 2.55. The van der Waals surface area contributed by atoms with Gasteiger partial charge in [-0.2, -0.15) is 11.3 Å². The van der Waals surface area contributed by atoms with Gasteiger partial charge in [0, 0.05) is 18.0 Å². The average molecular weight is 179 g/mol. The normalized spacial score (nSPS) is 31.2. The maximum atomic E-state index is 3.55. The van der Waals surface area contributed by atoms with Crippen LogP contribution in [-0.4, -0.2) is 6.54 Å². The number of hydrogen-bond acceptors (Lipinski definition) is 2. The van der Waals surface area contributed by atoms with Gasteiger partial charge >= 0.3 is 0 Å². The summed E-state index contributed by atoms with van der Waals surface area (Å²) in [6, 6.07) is 2.96. The van der Waals surface area contributed by atoms with Crippen molar-refractivity contribution < 1.29 is 0 Å². The molecule has 1 nitrogen and oxygen atoms in total. The summed E-state index contributed by atoms with van der Waals surface area (Å²) in [5, 5.41) is 8.02. The molecule has 1 aromatic heterocycles. The summed E-state index contributed by atoms with van der Waals surface area (Å²) in [5.74, 6) is 0. The Morgan fingerprint density at radius 2 is 2.42 bits per heavy atom. The molecule has 12 heavy (non-hydrogen) atoms. The van der Waals surface area contributed by atoms with E-state index in [0.717, 1.165) is 0 Å². The molecular weight excluding hydrogens is 166 g/mol. The lowest BCUT2D eigenvalue weighted by atomic mass is 9.58. The van der Waals surface area contributed by atoms with Crippen LogP contribution in [0.4, 0.5) is 0 Å². The molecule has 1 saturated carbocycles. The van der Waals surface area contributed by atoms with Crippen LogP contribution >= 0.6 is 11.3 Å². The predicted octanol–water partition coefficient (Wildman–Crippen LogP) is 2.56.